The molecule has 2 aliphatic rings. The van der Waals surface area contributed by atoms with Crippen molar-refractivity contribution in [2.45, 2.75) is 43.0 Å². The molecule has 26 heavy (non-hydrogen) atoms. The van der Waals surface area contributed by atoms with E-state index in [4.69, 9.17) is 5.73 Å². The van der Waals surface area contributed by atoms with Crippen LogP contribution in [-0.4, -0.2) is 44.3 Å². The van der Waals surface area contributed by atoms with Crippen LogP contribution in [0.3, 0.4) is 0 Å². The molecule has 8 heteroatoms. The number of nitrogens with two attached hydrogens (primary N) is 1. The van der Waals surface area contributed by atoms with E-state index in [-0.39, 0.29) is 41.7 Å². The highest BCUT2D eigenvalue weighted by Gasteiger charge is 2.35. The van der Waals surface area contributed by atoms with Gasteiger partial charge in [0.25, 0.3) is 0 Å². The number of hydrogen-bond donors (Lipinski definition) is 2. The molecule has 1 amide bonds. The van der Waals surface area contributed by atoms with Gasteiger partial charge in [0.1, 0.15) is 0 Å². The monoisotopic (exact) mass is 401 g/mol. The molecule has 1 heterocycles. The average Bonchev–Trinajstić information content (AvgIpc) is 3.09. The lowest BCUT2D eigenvalue weighted by Gasteiger charge is -2.32. The lowest BCUT2D eigenvalue weighted by atomic mass is 9.97. The van der Waals surface area contributed by atoms with Gasteiger partial charge in [0.15, 0.2) is 0 Å². The van der Waals surface area contributed by atoms with Gasteiger partial charge >= 0.3 is 0 Å². The van der Waals surface area contributed by atoms with E-state index in [0.717, 1.165) is 25.7 Å². The molecule has 2 fully saturated rings. The second kappa shape index (κ2) is 9.17. The van der Waals surface area contributed by atoms with Crippen molar-refractivity contribution in [3.05, 3.63) is 30.3 Å². The molecule has 3 unspecified atom stereocenters. The van der Waals surface area contributed by atoms with Gasteiger partial charge in [0.2, 0.25) is 15.9 Å². The maximum absolute atomic E-state index is 12.8. The van der Waals surface area contributed by atoms with Crippen LogP contribution in [0.15, 0.2) is 35.2 Å². The molecule has 1 saturated heterocycles. The normalized spacial score (nSPS) is 26.9. The molecular formula is C18H28ClN3O3S. The first kappa shape index (κ1) is 21.2. The van der Waals surface area contributed by atoms with Crippen LogP contribution in [0.2, 0.25) is 0 Å². The summed E-state index contributed by atoms with van der Waals surface area (Å²) in [6.45, 7) is 1.31. The van der Waals surface area contributed by atoms with E-state index in [2.05, 4.69) is 5.32 Å². The number of rotatable bonds is 5. The van der Waals surface area contributed by atoms with Crippen molar-refractivity contribution in [2.24, 2.45) is 17.6 Å². The van der Waals surface area contributed by atoms with Crippen LogP contribution < -0.4 is 11.1 Å². The molecule has 3 atom stereocenters. The molecule has 3 rings (SSSR count). The zero-order valence-electron chi connectivity index (χ0n) is 14.8. The van der Waals surface area contributed by atoms with E-state index in [0.29, 0.717) is 25.4 Å². The third-order valence-corrected chi connectivity index (χ3v) is 7.30. The minimum atomic E-state index is -3.54. The number of carbonyl (C=O) groups is 1. The lowest BCUT2D eigenvalue weighted by molar-refractivity contribution is -0.127. The highest BCUT2D eigenvalue weighted by molar-refractivity contribution is 7.89. The topological polar surface area (TPSA) is 92.5 Å². The number of benzene rings is 1. The predicted octanol–water partition coefficient (Wildman–Crippen LogP) is 1.75. The first-order valence-electron chi connectivity index (χ1n) is 9.08. The Labute approximate surface area is 162 Å². The second-order valence-corrected chi connectivity index (χ2v) is 8.99. The molecule has 1 aromatic carbocycles. The Morgan fingerprint density at radius 1 is 1.15 bits per heavy atom. The summed E-state index contributed by atoms with van der Waals surface area (Å²) in [6.07, 6.45) is 4.54. The minimum absolute atomic E-state index is 0. The van der Waals surface area contributed by atoms with Crippen LogP contribution in [-0.2, 0) is 14.8 Å². The van der Waals surface area contributed by atoms with Gasteiger partial charge in [-0.2, -0.15) is 4.31 Å². The molecule has 0 bridgehead atoms. The van der Waals surface area contributed by atoms with Crippen LogP contribution in [0.25, 0.3) is 0 Å². The number of sulfonamides is 1. The lowest BCUT2D eigenvalue weighted by Crippen LogP contribution is -2.48. The van der Waals surface area contributed by atoms with Crippen LogP contribution in [0.1, 0.15) is 32.1 Å². The van der Waals surface area contributed by atoms with Crippen molar-refractivity contribution in [3.63, 3.8) is 0 Å². The number of amides is 1. The largest absolute Gasteiger partial charge is 0.353 e. The molecule has 0 aromatic heterocycles. The molecule has 6 nitrogen and oxygen atoms in total. The zero-order valence-corrected chi connectivity index (χ0v) is 16.5. The van der Waals surface area contributed by atoms with Gasteiger partial charge in [-0.15, -0.1) is 12.4 Å². The molecular weight excluding hydrogens is 374 g/mol. The van der Waals surface area contributed by atoms with E-state index in [9.17, 15) is 13.2 Å². The summed E-state index contributed by atoms with van der Waals surface area (Å²) in [6, 6.07) is 8.56. The second-order valence-electron chi connectivity index (χ2n) is 7.06. The Morgan fingerprint density at radius 2 is 1.88 bits per heavy atom. The molecule has 146 valence electrons. The first-order chi connectivity index (χ1) is 12.0. The fraction of sp³-hybridized carbons (Fsp3) is 0.611. The summed E-state index contributed by atoms with van der Waals surface area (Å²) < 4.78 is 27.0. The van der Waals surface area contributed by atoms with Gasteiger partial charge in [0.05, 0.1) is 10.8 Å². The summed E-state index contributed by atoms with van der Waals surface area (Å²) in [5.41, 5.74) is 5.78. The highest BCUT2D eigenvalue weighted by Crippen LogP contribution is 2.27. The van der Waals surface area contributed by atoms with Crippen molar-refractivity contribution in [3.8, 4) is 0 Å². The molecule has 3 N–H and O–H groups in total. The van der Waals surface area contributed by atoms with Crippen LogP contribution >= 0.6 is 12.4 Å². The number of halogens is 1. The molecule has 1 saturated carbocycles. The summed E-state index contributed by atoms with van der Waals surface area (Å²) >= 11 is 0. The van der Waals surface area contributed by atoms with Gasteiger partial charge in [-0.25, -0.2) is 8.42 Å². The van der Waals surface area contributed by atoms with Crippen molar-refractivity contribution >= 4 is 28.3 Å². The third kappa shape index (κ3) is 4.57. The van der Waals surface area contributed by atoms with E-state index in [1.54, 1.807) is 30.3 Å². The molecule has 0 spiro atoms. The van der Waals surface area contributed by atoms with Gasteiger partial charge in [-0.3, -0.25) is 4.79 Å². The fourth-order valence-electron chi connectivity index (χ4n) is 3.93. The van der Waals surface area contributed by atoms with Gasteiger partial charge < -0.3 is 11.1 Å². The highest BCUT2D eigenvalue weighted by atomic mass is 35.5. The summed E-state index contributed by atoms with van der Waals surface area (Å²) in [7, 11) is -3.54. The van der Waals surface area contributed by atoms with Crippen LogP contribution in [0.5, 0.6) is 0 Å². The number of nitrogens with zero attached hydrogens (tertiary/aromatic N) is 1. The number of hydrogen-bond acceptors (Lipinski definition) is 4. The molecule has 0 radical (unpaired) electrons. The smallest absolute Gasteiger partial charge is 0.243 e. The summed E-state index contributed by atoms with van der Waals surface area (Å²) in [4.78, 5) is 12.9. The zero-order chi connectivity index (χ0) is 17.9. The Kier molecular flexibility index (Phi) is 7.46. The first-order valence-corrected chi connectivity index (χ1v) is 10.5. The number of piperidine rings is 1. The Balaban J connectivity index is 0.00000243. The van der Waals surface area contributed by atoms with E-state index in [1.165, 1.54) is 4.31 Å². The average molecular weight is 402 g/mol. The van der Waals surface area contributed by atoms with Crippen molar-refractivity contribution in [1.29, 1.82) is 0 Å². The van der Waals surface area contributed by atoms with Gasteiger partial charge in [-0.05, 0) is 50.3 Å². The Hall–Kier alpha value is -1.15. The van der Waals surface area contributed by atoms with Crippen LogP contribution in [0, 0.1) is 11.8 Å². The summed E-state index contributed by atoms with van der Waals surface area (Å²) in [5.74, 6) is 0.0290. The summed E-state index contributed by atoms with van der Waals surface area (Å²) in [5, 5.41) is 3.12. The number of carbonyl (C=O) groups excluding carboxylic acids is 1. The molecule has 1 aliphatic heterocycles. The van der Waals surface area contributed by atoms with Crippen molar-refractivity contribution < 1.29 is 13.2 Å². The van der Waals surface area contributed by atoms with E-state index in [1.807, 2.05) is 0 Å². The van der Waals surface area contributed by atoms with E-state index < -0.39 is 10.0 Å². The SMILES string of the molecule is Cl.NCC1CCCC1NC(=O)C1CCCN(S(=O)(=O)c2ccccc2)C1. The fourth-order valence-corrected chi connectivity index (χ4v) is 5.47. The third-order valence-electron chi connectivity index (χ3n) is 5.43. The number of nitrogens with one attached hydrogen (secondary N) is 1. The van der Waals surface area contributed by atoms with E-state index >= 15 is 0 Å². The Morgan fingerprint density at radius 3 is 2.58 bits per heavy atom. The Bertz CT molecular complexity index is 699. The van der Waals surface area contributed by atoms with Gasteiger partial charge in [-0.1, -0.05) is 24.6 Å². The van der Waals surface area contributed by atoms with Crippen LogP contribution in [0.4, 0.5) is 0 Å². The molecule has 1 aromatic rings. The molecule has 1 aliphatic carbocycles. The maximum atomic E-state index is 12.8. The maximum Gasteiger partial charge on any atom is 0.243 e. The standard InChI is InChI=1S/C18H27N3O3S.ClH/c19-12-14-6-4-10-17(14)20-18(22)15-7-5-11-21(13-15)25(23,24)16-8-2-1-3-9-16;/h1-3,8-9,14-15,17H,4-7,10-13,19H2,(H,20,22);1H. The minimum Gasteiger partial charge on any atom is -0.353 e. The van der Waals surface area contributed by atoms with Gasteiger partial charge in [0, 0.05) is 19.1 Å². The van der Waals surface area contributed by atoms with Crippen molar-refractivity contribution in [2.75, 3.05) is 19.6 Å². The quantitative estimate of drug-likeness (QED) is 0.786. The predicted molar refractivity (Wildman–Crippen MR) is 103 cm³/mol. The van der Waals surface area contributed by atoms with Crippen molar-refractivity contribution in [1.82, 2.24) is 9.62 Å².